The Labute approximate surface area is 191 Å². The van der Waals surface area contributed by atoms with Gasteiger partial charge in [-0.25, -0.2) is 14.1 Å². The Balaban J connectivity index is 1.72. The topological polar surface area (TPSA) is 90.0 Å². The minimum Gasteiger partial charge on any atom is -0.369 e. The van der Waals surface area contributed by atoms with Crippen LogP contribution in [0.2, 0.25) is 0 Å². The Kier molecular flexibility index (Phi) is 7.74. The molecule has 1 saturated heterocycles. The van der Waals surface area contributed by atoms with E-state index in [1.807, 2.05) is 42.2 Å². The van der Waals surface area contributed by atoms with Crippen molar-refractivity contribution in [3.63, 3.8) is 0 Å². The van der Waals surface area contributed by atoms with Gasteiger partial charge in [-0.1, -0.05) is 13.8 Å². The van der Waals surface area contributed by atoms with Crippen LogP contribution >= 0.6 is 0 Å². The highest BCUT2D eigenvalue weighted by molar-refractivity contribution is 5.81. The monoisotopic (exact) mass is 443 g/mol. The van der Waals surface area contributed by atoms with Crippen molar-refractivity contribution in [1.29, 1.82) is 0 Å². The molecule has 1 fully saturated rings. The smallest absolute Gasteiger partial charge is 0.243 e. The molecule has 2 amide bonds. The molecule has 2 aromatic rings. The second-order valence-electron chi connectivity index (χ2n) is 9.70. The van der Waals surface area contributed by atoms with Crippen molar-refractivity contribution in [2.75, 3.05) is 6.54 Å². The van der Waals surface area contributed by atoms with Crippen molar-refractivity contribution in [1.82, 2.24) is 19.0 Å². The number of amides is 2. The molecule has 0 saturated carbocycles. The molecule has 0 aliphatic carbocycles. The fourth-order valence-electron chi connectivity index (χ4n) is 4.98. The minimum atomic E-state index is -0.661. The molecule has 4 unspecified atom stereocenters. The number of hydrogen-bond donors (Lipinski definition) is 1. The van der Waals surface area contributed by atoms with Gasteiger partial charge < -0.3 is 15.2 Å². The normalized spacial score (nSPS) is 19.0. The van der Waals surface area contributed by atoms with E-state index in [9.17, 15) is 9.59 Å². The average Bonchev–Trinajstić information content (AvgIpc) is 3.51. The Morgan fingerprint density at radius 3 is 2.62 bits per heavy atom. The van der Waals surface area contributed by atoms with Gasteiger partial charge in [-0.3, -0.25) is 9.59 Å². The Bertz CT molecular complexity index is 892. The predicted molar refractivity (Wildman–Crippen MR) is 122 cm³/mol. The Hall–Kier alpha value is -2.64. The lowest BCUT2D eigenvalue weighted by molar-refractivity contribution is -0.671. The van der Waals surface area contributed by atoms with Crippen molar-refractivity contribution in [3.05, 3.63) is 37.4 Å². The van der Waals surface area contributed by atoms with Crippen LogP contribution in [0.4, 0.5) is 0 Å². The quantitative estimate of drug-likeness (QED) is 0.512. The molecule has 3 rings (SSSR count). The number of aromatic nitrogens is 4. The second-order valence-corrected chi connectivity index (χ2v) is 9.70. The summed E-state index contributed by atoms with van der Waals surface area (Å²) in [6, 6.07) is 0.564. The van der Waals surface area contributed by atoms with Crippen molar-refractivity contribution in [3.8, 4) is 0 Å². The van der Waals surface area contributed by atoms with E-state index < -0.39 is 5.41 Å². The number of imidazole rings is 2. The van der Waals surface area contributed by atoms with E-state index in [1.54, 1.807) is 6.20 Å². The summed E-state index contributed by atoms with van der Waals surface area (Å²) in [5.41, 5.74) is 5.28. The van der Waals surface area contributed by atoms with Crippen LogP contribution in [-0.2, 0) is 16.6 Å². The lowest BCUT2D eigenvalue weighted by Crippen LogP contribution is -2.44. The first-order valence-electron chi connectivity index (χ1n) is 11.8. The molecule has 2 N–H and O–H groups in total. The van der Waals surface area contributed by atoms with Crippen molar-refractivity contribution in [2.24, 2.45) is 18.2 Å². The molecule has 32 heavy (non-hydrogen) atoms. The molecule has 0 radical (unpaired) electrons. The van der Waals surface area contributed by atoms with Crippen molar-refractivity contribution >= 4 is 11.8 Å². The lowest BCUT2D eigenvalue weighted by Gasteiger charge is -2.36. The van der Waals surface area contributed by atoms with Gasteiger partial charge in [0.2, 0.25) is 18.1 Å². The number of primary amides is 1. The Morgan fingerprint density at radius 1 is 1.31 bits per heavy atom. The molecule has 1 aliphatic heterocycles. The van der Waals surface area contributed by atoms with Gasteiger partial charge in [-0.2, -0.15) is 0 Å². The van der Waals surface area contributed by atoms with E-state index in [1.165, 1.54) is 0 Å². The van der Waals surface area contributed by atoms with Gasteiger partial charge in [-0.05, 0) is 39.0 Å². The maximum atomic E-state index is 12.6. The van der Waals surface area contributed by atoms with E-state index in [0.29, 0.717) is 25.3 Å². The van der Waals surface area contributed by atoms with Crippen LogP contribution in [0.25, 0.3) is 0 Å². The second kappa shape index (κ2) is 10.3. The summed E-state index contributed by atoms with van der Waals surface area (Å²) in [6.07, 6.45) is 17.2. The summed E-state index contributed by atoms with van der Waals surface area (Å²) in [5.74, 6) is -0.0777. The largest absolute Gasteiger partial charge is 0.369 e. The first kappa shape index (κ1) is 24.0. The van der Waals surface area contributed by atoms with Crippen molar-refractivity contribution < 1.29 is 14.2 Å². The highest BCUT2D eigenvalue weighted by Gasteiger charge is 2.38. The van der Waals surface area contributed by atoms with E-state index in [4.69, 9.17) is 5.73 Å². The summed E-state index contributed by atoms with van der Waals surface area (Å²) in [5, 5.41) is 0. The number of rotatable bonds is 12. The van der Waals surface area contributed by atoms with Gasteiger partial charge in [0.15, 0.2) is 0 Å². The zero-order valence-electron chi connectivity index (χ0n) is 20.0. The summed E-state index contributed by atoms with van der Waals surface area (Å²) >= 11 is 0. The first-order valence-corrected chi connectivity index (χ1v) is 11.8. The van der Waals surface area contributed by atoms with Crippen molar-refractivity contribution in [2.45, 2.75) is 83.8 Å². The molecule has 176 valence electrons. The van der Waals surface area contributed by atoms with Crippen LogP contribution in [0.15, 0.2) is 37.4 Å². The number of nitrogens with two attached hydrogens (primary N) is 1. The first-order chi connectivity index (χ1) is 15.2. The van der Waals surface area contributed by atoms with Crippen LogP contribution in [0.3, 0.4) is 0 Å². The number of aryl methyl sites for hydroxylation is 1. The third-order valence-electron chi connectivity index (χ3n) is 7.19. The highest BCUT2D eigenvalue weighted by atomic mass is 16.2. The summed E-state index contributed by atoms with van der Waals surface area (Å²) in [4.78, 5) is 31.1. The molecule has 0 aromatic carbocycles. The summed E-state index contributed by atoms with van der Waals surface area (Å²) < 4.78 is 6.39. The SMILES string of the molecule is CCC(CC(C)(CCC(CC(C)n1cc[n+](C)c1)n1ccnc1)C(N)=O)N1CCCC1=O. The maximum absolute atomic E-state index is 12.6. The Morgan fingerprint density at radius 2 is 2.09 bits per heavy atom. The molecule has 8 heteroatoms. The molecular weight excluding hydrogens is 404 g/mol. The lowest BCUT2D eigenvalue weighted by atomic mass is 9.76. The van der Waals surface area contributed by atoms with Crippen LogP contribution in [0.1, 0.15) is 77.8 Å². The third kappa shape index (κ3) is 5.58. The molecule has 4 atom stereocenters. The zero-order valence-corrected chi connectivity index (χ0v) is 20.0. The standard InChI is InChI=1S/C24H38N6O2/c1-5-20(30-11-6-7-22(30)31)16-24(3,23(25)32)9-8-21(28-12-10-26-17-28)15-19(2)29-14-13-27(4)18-29/h10,12-14,17-21H,5-9,11,15-16H2,1-4H3,(H-,25,32)/p+1. The maximum Gasteiger partial charge on any atom is 0.243 e. The third-order valence-corrected chi connectivity index (χ3v) is 7.19. The van der Waals surface area contributed by atoms with E-state index in [0.717, 1.165) is 32.2 Å². The number of carbonyl (C=O) groups is 2. The van der Waals surface area contributed by atoms with E-state index in [2.05, 4.69) is 40.5 Å². The van der Waals surface area contributed by atoms with Gasteiger partial charge >= 0.3 is 0 Å². The highest BCUT2D eigenvalue weighted by Crippen LogP contribution is 2.36. The minimum absolute atomic E-state index is 0.0630. The predicted octanol–water partition coefficient (Wildman–Crippen LogP) is 2.76. The van der Waals surface area contributed by atoms with Gasteiger partial charge in [0, 0.05) is 49.3 Å². The summed E-state index contributed by atoms with van der Waals surface area (Å²) in [7, 11) is 2.02. The molecule has 2 aromatic heterocycles. The number of nitrogens with zero attached hydrogens (tertiary/aromatic N) is 5. The van der Waals surface area contributed by atoms with E-state index in [-0.39, 0.29) is 23.9 Å². The zero-order chi connectivity index (χ0) is 23.3. The van der Waals surface area contributed by atoms with Crippen LogP contribution < -0.4 is 10.3 Å². The molecule has 3 heterocycles. The van der Waals surface area contributed by atoms with Gasteiger partial charge in [0.25, 0.3) is 0 Å². The fraction of sp³-hybridized carbons (Fsp3) is 0.667. The van der Waals surface area contributed by atoms with Crippen LogP contribution in [0.5, 0.6) is 0 Å². The molecule has 0 bridgehead atoms. The summed E-state index contributed by atoms with van der Waals surface area (Å²) in [6.45, 7) is 7.06. The number of carbonyl (C=O) groups excluding carboxylic acids is 2. The van der Waals surface area contributed by atoms with Gasteiger partial charge in [0.05, 0.1) is 19.4 Å². The van der Waals surface area contributed by atoms with E-state index >= 15 is 0 Å². The molecular formula is C24H39N6O2+. The number of hydrogen-bond acceptors (Lipinski definition) is 3. The molecule has 0 spiro atoms. The fourth-order valence-corrected chi connectivity index (χ4v) is 4.98. The number of likely N-dealkylation sites (tertiary alicyclic amines) is 1. The molecule has 1 aliphatic rings. The van der Waals surface area contributed by atoms with Gasteiger partial charge in [0.1, 0.15) is 12.4 Å². The molecule has 8 nitrogen and oxygen atoms in total. The average molecular weight is 444 g/mol. The van der Waals surface area contributed by atoms with Crippen LogP contribution in [0, 0.1) is 5.41 Å². The van der Waals surface area contributed by atoms with Crippen LogP contribution in [-0.4, -0.2) is 43.4 Å². The van der Waals surface area contributed by atoms with Gasteiger partial charge in [-0.15, -0.1) is 0 Å².